The van der Waals surface area contributed by atoms with Gasteiger partial charge in [-0.25, -0.2) is 4.98 Å². The highest BCUT2D eigenvalue weighted by Gasteiger charge is 2.23. The molecule has 0 aliphatic carbocycles. The fourth-order valence-electron chi connectivity index (χ4n) is 3.40. The average Bonchev–Trinajstić information content (AvgIpc) is 3.20. The number of likely N-dealkylation sites (tertiary alicyclic amines) is 1. The number of aromatic amines is 1. The largest absolute Gasteiger partial charge is 0.348 e. The number of aromatic nitrogens is 3. The van der Waals surface area contributed by atoms with Crippen LogP contribution in [0.15, 0.2) is 48.9 Å². The Hall–Kier alpha value is -2.20. The predicted molar refractivity (Wildman–Crippen MR) is 87.4 cm³/mol. The Morgan fingerprint density at radius 1 is 1.18 bits per heavy atom. The summed E-state index contributed by atoms with van der Waals surface area (Å²) in [7, 11) is 0. The van der Waals surface area contributed by atoms with Gasteiger partial charge in [0.05, 0.1) is 12.1 Å². The van der Waals surface area contributed by atoms with Crippen LogP contribution in [0, 0.1) is 5.92 Å². The molecule has 112 valence electrons. The summed E-state index contributed by atoms with van der Waals surface area (Å²) in [4.78, 5) is 14.4. The van der Waals surface area contributed by atoms with Gasteiger partial charge in [-0.05, 0) is 49.1 Å². The molecule has 0 unspecified atom stereocenters. The first-order chi connectivity index (χ1) is 10.9. The van der Waals surface area contributed by atoms with Gasteiger partial charge in [0, 0.05) is 30.5 Å². The van der Waals surface area contributed by atoms with E-state index in [4.69, 9.17) is 0 Å². The summed E-state index contributed by atoms with van der Waals surface area (Å²) in [6.45, 7) is 3.26. The maximum Gasteiger partial charge on any atom is 0.120 e. The number of imidazole rings is 1. The van der Waals surface area contributed by atoms with E-state index in [1.807, 2.05) is 24.7 Å². The maximum absolute atomic E-state index is 4.39. The van der Waals surface area contributed by atoms with Crippen molar-refractivity contribution in [2.75, 3.05) is 13.1 Å². The molecule has 1 N–H and O–H groups in total. The van der Waals surface area contributed by atoms with E-state index in [1.54, 1.807) is 0 Å². The van der Waals surface area contributed by atoms with Crippen LogP contribution in [0.25, 0.3) is 10.9 Å². The Morgan fingerprint density at radius 2 is 2.18 bits per heavy atom. The first-order valence-electron chi connectivity index (χ1n) is 7.91. The van der Waals surface area contributed by atoms with Crippen molar-refractivity contribution in [1.29, 1.82) is 0 Å². The number of fused-ring (bicyclic) bond motifs is 1. The number of hydrogen-bond donors (Lipinski definition) is 1. The van der Waals surface area contributed by atoms with Crippen molar-refractivity contribution in [2.24, 2.45) is 5.92 Å². The average molecular weight is 292 g/mol. The minimum Gasteiger partial charge on any atom is -0.348 e. The summed E-state index contributed by atoms with van der Waals surface area (Å²) < 4.78 is 0. The van der Waals surface area contributed by atoms with E-state index in [1.165, 1.54) is 23.9 Å². The zero-order chi connectivity index (χ0) is 14.8. The summed E-state index contributed by atoms with van der Waals surface area (Å²) in [5.74, 6) is 1.81. The van der Waals surface area contributed by atoms with E-state index in [9.17, 15) is 0 Å². The van der Waals surface area contributed by atoms with E-state index in [0.29, 0.717) is 0 Å². The molecule has 0 radical (unpaired) electrons. The summed E-state index contributed by atoms with van der Waals surface area (Å²) >= 11 is 0. The van der Waals surface area contributed by atoms with Crippen LogP contribution in [0.1, 0.15) is 17.8 Å². The molecule has 0 saturated carbocycles. The van der Waals surface area contributed by atoms with E-state index in [0.717, 1.165) is 36.8 Å². The van der Waals surface area contributed by atoms with Crippen molar-refractivity contribution in [1.82, 2.24) is 19.9 Å². The third-order valence-corrected chi connectivity index (χ3v) is 4.49. The zero-order valence-corrected chi connectivity index (χ0v) is 12.6. The van der Waals surface area contributed by atoms with Gasteiger partial charge in [0.1, 0.15) is 5.82 Å². The fourth-order valence-corrected chi connectivity index (χ4v) is 3.40. The minimum absolute atomic E-state index is 0.740. The first kappa shape index (κ1) is 13.5. The smallest absolute Gasteiger partial charge is 0.120 e. The van der Waals surface area contributed by atoms with Crippen LogP contribution >= 0.6 is 0 Å². The lowest BCUT2D eigenvalue weighted by molar-refractivity contribution is 0.309. The van der Waals surface area contributed by atoms with Gasteiger partial charge in [-0.1, -0.05) is 12.1 Å². The molecule has 1 fully saturated rings. The second-order valence-corrected chi connectivity index (χ2v) is 6.16. The van der Waals surface area contributed by atoms with Crippen molar-refractivity contribution < 1.29 is 0 Å². The van der Waals surface area contributed by atoms with E-state index >= 15 is 0 Å². The first-order valence-corrected chi connectivity index (χ1v) is 7.91. The van der Waals surface area contributed by atoms with Gasteiger partial charge in [-0.15, -0.1) is 0 Å². The van der Waals surface area contributed by atoms with Crippen LogP contribution < -0.4 is 0 Å². The van der Waals surface area contributed by atoms with Crippen molar-refractivity contribution >= 4 is 10.9 Å². The molecule has 1 saturated heterocycles. The van der Waals surface area contributed by atoms with Gasteiger partial charge in [-0.2, -0.15) is 0 Å². The number of nitrogens with zero attached hydrogens (tertiary/aromatic N) is 3. The highest BCUT2D eigenvalue weighted by molar-refractivity contribution is 5.78. The number of pyridine rings is 1. The van der Waals surface area contributed by atoms with Crippen LogP contribution in [-0.2, 0) is 13.0 Å². The molecule has 1 aliphatic heterocycles. The zero-order valence-electron chi connectivity index (χ0n) is 12.6. The SMILES string of the molecule is c1cnc2ccc(C[C@H]3CCN(Cc4ncc[nH]4)C3)cc2c1. The lowest BCUT2D eigenvalue weighted by Gasteiger charge is -2.14. The molecule has 0 spiro atoms. The van der Waals surface area contributed by atoms with Gasteiger partial charge in [0.15, 0.2) is 0 Å². The molecule has 0 bridgehead atoms. The molecule has 4 heteroatoms. The highest BCUT2D eigenvalue weighted by atomic mass is 15.2. The van der Waals surface area contributed by atoms with Crippen molar-refractivity contribution in [3.8, 4) is 0 Å². The van der Waals surface area contributed by atoms with E-state index in [-0.39, 0.29) is 0 Å². The minimum atomic E-state index is 0.740. The molecule has 1 aromatic carbocycles. The molecular formula is C18H20N4. The van der Waals surface area contributed by atoms with Gasteiger partial charge >= 0.3 is 0 Å². The Kier molecular flexibility index (Phi) is 3.60. The number of hydrogen-bond acceptors (Lipinski definition) is 3. The van der Waals surface area contributed by atoms with Crippen LogP contribution in [0.5, 0.6) is 0 Å². The van der Waals surface area contributed by atoms with Crippen molar-refractivity contribution in [3.05, 3.63) is 60.3 Å². The third-order valence-electron chi connectivity index (χ3n) is 4.49. The molecule has 4 rings (SSSR count). The van der Waals surface area contributed by atoms with E-state index in [2.05, 4.69) is 44.1 Å². The standard InChI is InChI=1S/C18H20N4/c1-2-16-11-14(3-4-17(16)19-6-1)10-15-5-9-22(12-15)13-18-20-7-8-21-18/h1-4,6-8,11,15H,5,9-10,12-13H2,(H,20,21)/t15-/m1/s1. The molecule has 4 nitrogen and oxygen atoms in total. The molecule has 3 aromatic rings. The number of rotatable bonds is 4. The fraction of sp³-hybridized carbons (Fsp3) is 0.333. The van der Waals surface area contributed by atoms with Gasteiger partial charge < -0.3 is 4.98 Å². The molecule has 22 heavy (non-hydrogen) atoms. The molecule has 1 atom stereocenters. The molecule has 3 heterocycles. The molecule has 0 amide bonds. The van der Waals surface area contributed by atoms with Crippen LogP contribution in [-0.4, -0.2) is 32.9 Å². The van der Waals surface area contributed by atoms with Crippen LogP contribution in [0.2, 0.25) is 0 Å². The second kappa shape index (κ2) is 5.89. The Bertz CT molecular complexity index is 751. The normalized spacial score (nSPS) is 19.0. The van der Waals surface area contributed by atoms with Gasteiger partial charge in [0.2, 0.25) is 0 Å². The topological polar surface area (TPSA) is 44.8 Å². The third kappa shape index (κ3) is 2.88. The molecule has 2 aromatic heterocycles. The Labute approximate surface area is 130 Å². The predicted octanol–water partition coefficient (Wildman–Crippen LogP) is 3.02. The second-order valence-electron chi connectivity index (χ2n) is 6.16. The van der Waals surface area contributed by atoms with Crippen molar-refractivity contribution in [3.63, 3.8) is 0 Å². The van der Waals surface area contributed by atoms with Crippen LogP contribution in [0.4, 0.5) is 0 Å². The number of benzene rings is 1. The molecule has 1 aliphatic rings. The lowest BCUT2D eigenvalue weighted by atomic mass is 9.97. The monoisotopic (exact) mass is 292 g/mol. The van der Waals surface area contributed by atoms with E-state index < -0.39 is 0 Å². The summed E-state index contributed by atoms with van der Waals surface area (Å²) in [5, 5.41) is 1.24. The van der Waals surface area contributed by atoms with Crippen LogP contribution in [0.3, 0.4) is 0 Å². The number of nitrogens with one attached hydrogen (secondary N) is 1. The summed E-state index contributed by atoms with van der Waals surface area (Å²) in [5.41, 5.74) is 2.50. The maximum atomic E-state index is 4.39. The number of H-pyrrole nitrogens is 1. The summed E-state index contributed by atoms with van der Waals surface area (Å²) in [6.07, 6.45) is 7.99. The van der Waals surface area contributed by atoms with Crippen molar-refractivity contribution in [2.45, 2.75) is 19.4 Å². The van der Waals surface area contributed by atoms with Gasteiger partial charge in [0.25, 0.3) is 0 Å². The molecular weight excluding hydrogens is 272 g/mol. The lowest BCUT2D eigenvalue weighted by Crippen LogP contribution is -2.21. The quantitative estimate of drug-likeness (QED) is 0.804. The highest BCUT2D eigenvalue weighted by Crippen LogP contribution is 2.23. The Balaban J connectivity index is 1.40. The Morgan fingerprint density at radius 3 is 3.09 bits per heavy atom. The van der Waals surface area contributed by atoms with Gasteiger partial charge in [-0.3, -0.25) is 9.88 Å². The summed E-state index contributed by atoms with van der Waals surface area (Å²) in [6, 6.07) is 10.8.